The normalized spacial score (nSPS) is 13.2. The quantitative estimate of drug-likeness (QED) is 0.708. The van der Waals surface area contributed by atoms with Gasteiger partial charge in [-0.1, -0.05) is 13.8 Å². The minimum Gasteiger partial charge on any atom is -0.488 e. The molecule has 0 saturated heterocycles. The third-order valence-corrected chi connectivity index (χ3v) is 5.41. The second-order valence-corrected chi connectivity index (χ2v) is 7.74. The zero-order valence-corrected chi connectivity index (χ0v) is 15.6. The summed E-state index contributed by atoms with van der Waals surface area (Å²) in [7, 11) is -2.14. The molecule has 1 aromatic rings. The van der Waals surface area contributed by atoms with Crippen LogP contribution in [0.5, 0.6) is 5.75 Å². The first-order valence-corrected chi connectivity index (χ1v) is 8.81. The number of benzene rings is 1. The molecule has 5 nitrogen and oxygen atoms in total. The average Bonchev–Trinajstić information content (AvgIpc) is 2.50. The molecule has 0 bridgehead atoms. The van der Waals surface area contributed by atoms with Crippen molar-refractivity contribution in [2.75, 3.05) is 20.2 Å². The Labute approximate surface area is 148 Å². The van der Waals surface area contributed by atoms with Gasteiger partial charge in [-0.05, 0) is 36.6 Å². The topological polar surface area (TPSA) is 72.6 Å². The predicted molar refractivity (Wildman–Crippen MR) is 92.4 cm³/mol. The third-order valence-electron chi connectivity index (χ3n) is 3.54. The summed E-state index contributed by atoms with van der Waals surface area (Å²) in [6.45, 7) is 3.55. The summed E-state index contributed by atoms with van der Waals surface area (Å²) in [6, 6.07) is 5.34. The van der Waals surface area contributed by atoms with Crippen LogP contribution in [-0.2, 0) is 10.0 Å². The molecular formula is C15H25ClF2N2O3S. The summed E-state index contributed by atoms with van der Waals surface area (Å²) in [5.74, 6) is 0.478. The molecule has 1 unspecified atom stereocenters. The van der Waals surface area contributed by atoms with Gasteiger partial charge < -0.3 is 10.5 Å². The molecule has 9 heteroatoms. The molecule has 24 heavy (non-hydrogen) atoms. The lowest BCUT2D eigenvalue weighted by Gasteiger charge is -2.21. The predicted octanol–water partition coefficient (Wildman–Crippen LogP) is 2.75. The Morgan fingerprint density at radius 1 is 1.21 bits per heavy atom. The monoisotopic (exact) mass is 386 g/mol. The van der Waals surface area contributed by atoms with E-state index >= 15 is 0 Å². The Kier molecular flexibility index (Phi) is 9.72. The second-order valence-electron chi connectivity index (χ2n) is 5.70. The highest BCUT2D eigenvalue weighted by Gasteiger charge is 2.21. The van der Waals surface area contributed by atoms with E-state index in [0.717, 1.165) is 0 Å². The fraction of sp³-hybridized carbons (Fsp3) is 0.600. The number of rotatable bonds is 9. The molecule has 0 saturated carbocycles. The van der Waals surface area contributed by atoms with Gasteiger partial charge in [-0.3, -0.25) is 0 Å². The summed E-state index contributed by atoms with van der Waals surface area (Å²) in [5.41, 5.74) is 5.93. The van der Waals surface area contributed by atoms with E-state index in [4.69, 9.17) is 10.5 Å². The Balaban J connectivity index is 0.00000529. The minimum atomic E-state index is -3.63. The third kappa shape index (κ3) is 6.88. The Morgan fingerprint density at radius 3 is 2.21 bits per heavy atom. The summed E-state index contributed by atoms with van der Waals surface area (Å²) >= 11 is 0. The van der Waals surface area contributed by atoms with Gasteiger partial charge in [0.05, 0.1) is 4.90 Å². The Hall–Kier alpha value is -0.960. The first-order chi connectivity index (χ1) is 10.6. The number of halogens is 3. The van der Waals surface area contributed by atoms with E-state index in [0.29, 0.717) is 13.0 Å². The van der Waals surface area contributed by atoms with Gasteiger partial charge in [-0.25, -0.2) is 21.5 Å². The number of ether oxygens (including phenoxy) is 1. The van der Waals surface area contributed by atoms with Crippen molar-refractivity contribution >= 4 is 22.4 Å². The molecule has 140 valence electrons. The lowest BCUT2D eigenvalue weighted by molar-refractivity contribution is 0.0819. The number of hydrogen-bond donors (Lipinski definition) is 1. The van der Waals surface area contributed by atoms with Crippen molar-refractivity contribution in [3.8, 4) is 5.75 Å². The molecule has 0 amide bonds. The van der Waals surface area contributed by atoms with E-state index in [9.17, 15) is 17.2 Å². The highest BCUT2D eigenvalue weighted by Crippen LogP contribution is 2.19. The molecule has 0 aromatic heterocycles. The molecule has 1 rings (SSSR count). The summed E-state index contributed by atoms with van der Waals surface area (Å²) in [6.07, 6.45) is -2.02. The van der Waals surface area contributed by atoms with Gasteiger partial charge in [0.1, 0.15) is 12.4 Å². The zero-order chi connectivity index (χ0) is 17.6. The van der Waals surface area contributed by atoms with Gasteiger partial charge in [0.15, 0.2) is 0 Å². The maximum atomic E-state index is 12.4. The number of sulfonamides is 1. The van der Waals surface area contributed by atoms with Crippen LogP contribution in [-0.4, -0.2) is 45.4 Å². The van der Waals surface area contributed by atoms with Crippen LogP contribution < -0.4 is 10.5 Å². The summed E-state index contributed by atoms with van der Waals surface area (Å²) in [5, 5.41) is 0. The molecule has 0 fully saturated rings. The van der Waals surface area contributed by atoms with Gasteiger partial charge in [-0.15, -0.1) is 12.4 Å². The Morgan fingerprint density at radius 2 is 1.75 bits per heavy atom. The van der Waals surface area contributed by atoms with Crippen LogP contribution in [0.2, 0.25) is 0 Å². The molecule has 0 aliphatic heterocycles. The van der Waals surface area contributed by atoms with Crippen molar-refractivity contribution in [3.05, 3.63) is 24.3 Å². The minimum absolute atomic E-state index is 0. The highest BCUT2D eigenvalue weighted by atomic mass is 35.5. The van der Waals surface area contributed by atoms with E-state index in [1.807, 2.05) is 13.8 Å². The fourth-order valence-corrected chi connectivity index (χ4v) is 3.02. The zero-order valence-electron chi connectivity index (χ0n) is 14.0. The van der Waals surface area contributed by atoms with Crippen molar-refractivity contribution in [1.29, 1.82) is 0 Å². The van der Waals surface area contributed by atoms with E-state index in [1.54, 1.807) is 0 Å². The molecule has 1 aromatic carbocycles. The average molecular weight is 387 g/mol. The van der Waals surface area contributed by atoms with E-state index in [-0.39, 0.29) is 35.0 Å². The van der Waals surface area contributed by atoms with Crippen LogP contribution in [0.25, 0.3) is 0 Å². The number of hydrogen-bond acceptors (Lipinski definition) is 4. The molecule has 0 heterocycles. The number of alkyl halides is 2. The van der Waals surface area contributed by atoms with Gasteiger partial charge in [-0.2, -0.15) is 0 Å². The summed E-state index contributed by atoms with van der Waals surface area (Å²) < 4.78 is 55.0. The van der Waals surface area contributed by atoms with Crippen LogP contribution >= 0.6 is 12.4 Å². The van der Waals surface area contributed by atoms with E-state index in [1.165, 1.54) is 35.6 Å². The van der Waals surface area contributed by atoms with Crippen LogP contribution in [0.15, 0.2) is 29.2 Å². The maximum Gasteiger partial charge on any atom is 0.272 e. The lowest BCUT2D eigenvalue weighted by Crippen LogP contribution is -2.34. The van der Waals surface area contributed by atoms with Crippen LogP contribution in [0.3, 0.4) is 0 Å². The molecular weight excluding hydrogens is 362 g/mol. The second kappa shape index (κ2) is 10.1. The lowest BCUT2D eigenvalue weighted by atomic mass is 10.0. The largest absolute Gasteiger partial charge is 0.488 e. The molecule has 0 aliphatic rings. The van der Waals surface area contributed by atoms with Crippen molar-refractivity contribution in [1.82, 2.24) is 4.31 Å². The smallest absolute Gasteiger partial charge is 0.272 e. The van der Waals surface area contributed by atoms with Crippen molar-refractivity contribution in [3.63, 3.8) is 0 Å². The van der Waals surface area contributed by atoms with Crippen molar-refractivity contribution in [2.24, 2.45) is 11.7 Å². The summed E-state index contributed by atoms with van der Waals surface area (Å²) in [4.78, 5) is 0.0857. The first kappa shape index (κ1) is 23.0. The van der Waals surface area contributed by atoms with Crippen molar-refractivity contribution in [2.45, 2.75) is 37.6 Å². The van der Waals surface area contributed by atoms with Crippen LogP contribution in [0, 0.1) is 5.92 Å². The standard InChI is InChI=1S/C15H24F2N2O3S.ClH/c1-11(2)14(18)8-9-19(3)23(20,21)13-6-4-12(5-7-13)22-10-15(16)17;/h4-7,11,14-15H,8-10,18H2,1-3H3;1H. The molecule has 0 spiro atoms. The number of nitrogens with zero attached hydrogens (tertiary/aromatic N) is 1. The van der Waals surface area contributed by atoms with Crippen LogP contribution in [0.4, 0.5) is 8.78 Å². The Bertz CT molecular complexity index is 583. The maximum absolute atomic E-state index is 12.4. The molecule has 1 atom stereocenters. The number of nitrogens with two attached hydrogens (primary N) is 1. The molecule has 0 radical (unpaired) electrons. The molecule has 2 N–H and O–H groups in total. The van der Waals surface area contributed by atoms with Crippen molar-refractivity contribution < 1.29 is 21.9 Å². The fourth-order valence-electron chi connectivity index (χ4n) is 1.83. The van der Waals surface area contributed by atoms with E-state index < -0.39 is 23.1 Å². The van der Waals surface area contributed by atoms with Gasteiger partial charge in [0, 0.05) is 19.6 Å². The van der Waals surface area contributed by atoms with Gasteiger partial charge in [0.2, 0.25) is 10.0 Å². The molecule has 0 aliphatic carbocycles. The first-order valence-electron chi connectivity index (χ1n) is 7.37. The van der Waals surface area contributed by atoms with E-state index in [2.05, 4.69) is 0 Å². The van der Waals surface area contributed by atoms with Gasteiger partial charge >= 0.3 is 0 Å². The highest BCUT2D eigenvalue weighted by molar-refractivity contribution is 7.89. The SMILES string of the molecule is CC(C)C(N)CCN(C)S(=O)(=O)c1ccc(OCC(F)F)cc1.Cl. The van der Waals surface area contributed by atoms with Gasteiger partial charge in [0.25, 0.3) is 6.43 Å². The van der Waals surface area contributed by atoms with Crippen LogP contribution in [0.1, 0.15) is 20.3 Å².